The van der Waals surface area contributed by atoms with Gasteiger partial charge in [-0.3, -0.25) is 14.5 Å². The van der Waals surface area contributed by atoms with Gasteiger partial charge in [0.05, 0.1) is 13.1 Å². The van der Waals surface area contributed by atoms with Gasteiger partial charge in [-0.05, 0) is 30.7 Å². The van der Waals surface area contributed by atoms with E-state index < -0.39 is 0 Å². The number of likely N-dealkylation sites (N-methyl/N-ethyl adjacent to an activating group) is 1. The Bertz CT molecular complexity index is 568. The molecular formula is C18H28N4O2. The lowest BCUT2D eigenvalue weighted by atomic mass is 10.0. The molecule has 0 spiro atoms. The molecule has 1 fully saturated rings. The summed E-state index contributed by atoms with van der Waals surface area (Å²) in [4.78, 5) is 28.0. The monoisotopic (exact) mass is 332 g/mol. The van der Waals surface area contributed by atoms with Gasteiger partial charge in [-0.15, -0.1) is 0 Å². The molecule has 0 bridgehead atoms. The van der Waals surface area contributed by atoms with Crippen molar-refractivity contribution in [1.29, 1.82) is 0 Å². The Kier molecular flexibility index (Phi) is 6.75. The highest BCUT2D eigenvalue weighted by Crippen LogP contribution is 2.18. The van der Waals surface area contributed by atoms with E-state index in [0.29, 0.717) is 5.92 Å². The smallest absolute Gasteiger partial charge is 0.238 e. The summed E-state index contributed by atoms with van der Waals surface area (Å²) >= 11 is 0. The molecule has 0 aromatic heterocycles. The largest absolute Gasteiger partial charge is 0.339 e. The molecule has 0 radical (unpaired) electrons. The van der Waals surface area contributed by atoms with Gasteiger partial charge >= 0.3 is 0 Å². The number of piperazine rings is 1. The van der Waals surface area contributed by atoms with Crippen molar-refractivity contribution in [2.45, 2.75) is 19.8 Å². The van der Waals surface area contributed by atoms with Gasteiger partial charge in [0.2, 0.25) is 11.8 Å². The van der Waals surface area contributed by atoms with Crippen LogP contribution in [0.2, 0.25) is 0 Å². The summed E-state index contributed by atoms with van der Waals surface area (Å²) in [6, 6.07) is 7.88. The Hall–Kier alpha value is -1.92. The lowest BCUT2D eigenvalue weighted by Crippen LogP contribution is -2.49. The van der Waals surface area contributed by atoms with Crippen molar-refractivity contribution >= 4 is 17.5 Å². The fourth-order valence-electron chi connectivity index (χ4n) is 2.72. The van der Waals surface area contributed by atoms with Gasteiger partial charge in [-0.1, -0.05) is 26.0 Å². The maximum absolute atomic E-state index is 12.2. The number of carbonyl (C=O) groups is 2. The quantitative estimate of drug-likeness (QED) is 0.819. The molecule has 1 heterocycles. The summed E-state index contributed by atoms with van der Waals surface area (Å²) in [5, 5.41) is 6.13. The molecule has 1 aromatic carbocycles. The fraction of sp³-hybridized carbons (Fsp3) is 0.556. The zero-order valence-electron chi connectivity index (χ0n) is 14.8. The number of carbonyl (C=O) groups excluding carboxylic acids is 2. The molecule has 1 aliphatic rings. The van der Waals surface area contributed by atoms with E-state index in [9.17, 15) is 9.59 Å². The molecule has 1 saturated heterocycles. The molecule has 2 rings (SSSR count). The van der Waals surface area contributed by atoms with Gasteiger partial charge in [0.1, 0.15) is 0 Å². The predicted octanol–water partition coefficient (Wildman–Crippen LogP) is 1.11. The molecule has 1 aliphatic heterocycles. The van der Waals surface area contributed by atoms with Crippen LogP contribution >= 0.6 is 0 Å². The third kappa shape index (κ3) is 5.62. The number of rotatable bonds is 6. The minimum Gasteiger partial charge on any atom is -0.339 e. The van der Waals surface area contributed by atoms with E-state index in [1.807, 2.05) is 23.1 Å². The van der Waals surface area contributed by atoms with Crippen molar-refractivity contribution in [2.24, 2.45) is 0 Å². The minimum atomic E-state index is -0.105. The standard InChI is InChI=1S/C18H28N4O2/c1-14(2)15-5-4-6-16(11-15)20-17(23)12-21(3)13-18(24)22-9-7-19-8-10-22/h4-6,11,14,19H,7-10,12-13H2,1-3H3,(H,20,23). The SMILES string of the molecule is CC(C)c1cccc(NC(=O)CN(C)CC(=O)N2CCNCC2)c1. The van der Waals surface area contributed by atoms with Gasteiger partial charge in [0.15, 0.2) is 0 Å². The van der Waals surface area contributed by atoms with Crippen molar-refractivity contribution in [3.63, 3.8) is 0 Å². The summed E-state index contributed by atoms with van der Waals surface area (Å²) in [6.07, 6.45) is 0. The Morgan fingerprint density at radius 1 is 1.25 bits per heavy atom. The van der Waals surface area contributed by atoms with Crippen molar-refractivity contribution in [2.75, 3.05) is 51.6 Å². The molecule has 2 amide bonds. The average molecular weight is 332 g/mol. The van der Waals surface area contributed by atoms with Crippen LogP contribution in [0.4, 0.5) is 5.69 Å². The zero-order chi connectivity index (χ0) is 17.5. The first kappa shape index (κ1) is 18.4. The predicted molar refractivity (Wildman–Crippen MR) is 96.1 cm³/mol. The second-order valence-corrected chi connectivity index (χ2v) is 6.63. The number of hydrogen-bond donors (Lipinski definition) is 2. The van der Waals surface area contributed by atoms with Gasteiger partial charge in [-0.2, -0.15) is 0 Å². The lowest BCUT2D eigenvalue weighted by molar-refractivity contribution is -0.133. The van der Waals surface area contributed by atoms with Gasteiger partial charge in [-0.25, -0.2) is 0 Å². The van der Waals surface area contributed by atoms with E-state index >= 15 is 0 Å². The molecule has 0 aliphatic carbocycles. The van der Waals surface area contributed by atoms with Crippen LogP contribution in [0.5, 0.6) is 0 Å². The van der Waals surface area contributed by atoms with E-state index in [1.54, 1.807) is 11.9 Å². The summed E-state index contributed by atoms with van der Waals surface area (Å²) in [7, 11) is 1.80. The highest BCUT2D eigenvalue weighted by molar-refractivity contribution is 5.92. The van der Waals surface area contributed by atoms with Crippen LogP contribution in [0.1, 0.15) is 25.3 Å². The molecule has 6 nitrogen and oxygen atoms in total. The normalized spacial score (nSPS) is 15.0. The van der Waals surface area contributed by atoms with Gasteiger partial charge in [0.25, 0.3) is 0 Å². The van der Waals surface area contributed by atoms with Gasteiger partial charge in [0, 0.05) is 31.9 Å². The lowest BCUT2D eigenvalue weighted by Gasteiger charge is -2.29. The van der Waals surface area contributed by atoms with Crippen molar-refractivity contribution < 1.29 is 9.59 Å². The highest BCUT2D eigenvalue weighted by atomic mass is 16.2. The number of nitrogens with one attached hydrogen (secondary N) is 2. The number of amides is 2. The van der Waals surface area contributed by atoms with Crippen LogP contribution < -0.4 is 10.6 Å². The van der Waals surface area contributed by atoms with Crippen LogP contribution in [0.3, 0.4) is 0 Å². The first-order valence-electron chi connectivity index (χ1n) is 8.52. The van der Waals surface area contributed by atoms with Crippen LogP contribution in [0.25, 0.3) is 0 Å². The molecule has 1 aromatic rings. The average Bonchev–Trinajstić information content (AvgIpc) is 2.55. The summed E-state index contributed by atoms with van der Waals surface area (Å²) < 4.78 is 0. The van der Waals surface area contributed by atoms with Crippen molar-refractivity contribution in [3.05, 3.63) is 29.8 Å². The third-order valence-corrected chi connectivity index (χ3v) is 4.13. The molecule has 2 N–H and O–H groups in total. The summed E-state index contributed by atoms with van der Waals surface area (Å²) in [5.41, 5.74) is 1.99. The van der Waals surface area contributed by atoms with E-state index in [1.165, 1.54) is 5.56 Å². The number of anilines is 1. The fourth-order valence-corrected chi connectivity index (χ4v) is 2.72. The first-order valence-corrected chi connectivity index (χ1v) is 8.52. The molecular weight excluding hydrogens is 304 g/mol. The van der Waals surface area contributed by atoms with E-state index in [4.69, 9.17) is 0 Å². The van der Waals surface area contributed by atoms with Crippen LogP contribution in [0, 0.1) is 0 Å². The van der Waals surface area contributed by atoms with Crippen LogP contribution in [0.15, 0.2) is 24.3 Å². The molecule has 24 heavy (non-hydrogen) atoms. The van der Waals surface area contributed by atoms with Crippen molar-refractivity contribution in [1.82, 2.24) is 15.1 Å². The Labute approximate surface area is 144 Å². The second kappa shape index (κ2) is 8.80. The Balaban J connectivity index is 1.80. The Morgan fingerprint density at radius 3 is 2.62 bits per heavy atom. The highest BCUT2D eigenvalue weighted by Gasteiger charge is 2.18. The molecule has 0 saturated carbocycles. The minimum absolute atomic E-state index is 0.0774. The second-order valence-electron chi connectivity index (χ2n) is 6.63. The zero-order valence-corrected chi connectivity index (χ0v) is 14.8. The molecule has 6 heteroatoms. The van der Waals surface area contributed by atoms with Crippen LogP contribution in [-0.4, -0.2) is 67.9 Å². The number of nitrogens with zero attached hydrogens (tertiary/aromatic N) is 2. The topological polar surface area (TPSA) is 64.7 Å². The molecule has 132 valence electrons. The summed E-state index contributed by atoms with van der Waals surface area (Å²) in [5.74, 6) is 0.390. The maximum atomic E-state index is 12.2. The molecule has 0 unspecified atom stereocenters. The summed E-state index contributed by atoms with van der Waals surface area (Å²) in [6.45, 7) is 7.85. The number of hydrogen-bond acceptors (Lipinski definition) is 4. The van der Waals surface area contributed by atoms with Crippen molar-refractivity contribution in [3.8, 4) is 0 Å². The van der Waals surface area contributed by atoms with Gasteiger partial charge < -0.3 is 15.5 Å². The molecule has 0 atom stereocenters. The van der Waals surface area contributed by atoms with E-state index in [-0.39, 0.29) is 24.9 Å². The first-order chi connectivity index (χ1) is 11.5. The Morgan fingerprint density at radius 2 is 1.96 bits per heavy atom. The maximum Gasteiger partial charge on any atom is 0.238 e. The van der Waals surface area contributed by atoms with E-state index in [2.05, 4.69) is 30.5 Å². The third-order valence-electron chi connectivity index (χ3n) is 4.13. The number of benzene rings is 1. The van der Waals surface area contributed by atoms with Crippen LogP contribution in [-0.2, 0) is 9.59 Å². The van der Waals surface area contributed by atoms with E-state index in [0.717, 1.165) is 31.9 Å².